The van der Waals surface area contributed by atoms with Crippen molar-refractivity contribution < 1.29 is 8.42 Å². The van der Waals surface area contributed by atoms with E-state index in [-0.39, 0.29) is 11.2 Å². The lowest BCUT2D eigenvalue weighted by Gasteiger charge is -2.14. The predicted molar refractivity (Wildman–Crippen MR) is 130 cm³/mol. The highest BCUT2D eigenvalue weighted by molar-refractivity contribution is 7.92. The minimum absolute atomic E-state index is 0.0252. The van der Waals surface area contributed by atoms with Crippen LogP contribution in [-0.2, 0) is 15.4 Å². The summed E-state index contributed by atoms with van der Waals surface area (Å²) in [7, 11) is -1.72. The van der Waals surface area contributed by atoms with Crippen molar-refractivity contribution in [2.24, 2.45) is 0 Å². The fourth-order valence-electron chi connectivity index (χ4n) is 2.88. The molecule has 0 spiro atoms. The van der Waals surface area contributed by atoms with E-state index in [2.05, 4.69) is 40.8 Å². The molecule has 3 rings (SSSR count). The van der Waals surface area contributed by atoms with Crippen LogP contribution in [0.5, 0.6) is 0 Å². The maximum atomic E-state index is 12.3. The number of sulfonamides is 1. The van der Waals surface area contributed by atoms with Gasteiger partial charge >= 0.3 is 0 Å². The molecule has 0 fully saturated rings. The minimum atomic E-state index is -3.48. The number of halogens is 1. The molecule has 0 atom stereocenters. The summed E-state index contributed by atoms with van der Waals surface area (Å²) in [6.45, 7) is 8.09. The Morgan fingerprint density at radius 3 is 2.55 bits per heavy atom. The van der Waals surface area contributed by atoms with Crippen LogP contribution < -0.4 is 10.0 Å². The van der Waals surface area contributed by atoms with Crippen LogP contribution in [0.1, 0.15) is 39.1 Å². The van der Waals surface area contributed by atoms with Crippen LogP contribution in [-0.4, -0.2) is 36.2 Å². The number of benzene rings is 1. The Morgan fingerprint density at radius 1 is 1.16 bits per heavy atom. The van der Waals surface area contributed by atoms with Gasteiger partial charge in [0.15, 0.2) is 0 Å². The molecule has 3 aromatic rings. The van der Waals surface area contributed by atoms with Crippen molar-refractivity contribution >= 4 is 44.6 Å². The molecule has 0 unspecified atom stereocenters. The molecule has 31 heavy (non-hydrogen) atoms. The number of aromatic nitrogens is 3. The smallest absolute Gasteiger partial charge is 0.232 e. The van der Waals surface area contributed by atoms with Crippen LogP contribution in [0, 0.1) is 0 Å². The molecule has 2 aromatic heterocycles. The van der Waals surface area contributed by atoms with Crippen LogP contribution in [0.25, 0.3) is 21.8 Å². The second kappa shape index (κ2) is 9.10. The van der Waals surface area contributed by atoms with Crippen molar-refractivity contribution in [3.05, 3.63) is 40.5 Å². The van der Waals surface area contributed by atoms with Gasteiger partial charge in [-0.25, -0.2) is 23.4 Å². The van der Waals surface area contributed by atoms with E-state index in [1.54, 1.807) is 36.7 Å². The Bertz CT molecular complexity index is 1190. The third-order valence-corrected chi connectivity index (χ3v) is 7.76. The van der Waals surface area contributed by atoms with Crippen molar-refractivity contribution in [3.63, 3.8) is 0 Å². The van der Waals surface area contributed by atoms with Gasteiger partial charge in [0, 0.05) is 24.2 Å². The molecule has 0 saturated heterocycles. The van der Waals surface area contributed by atoms with E-state index in [4.69, 9.17) is 16.6 Å². The van der Waals surface area contributed by atoms with E-state index in [1.807, 2.05) is 19.1 Å². The van der Waals surface area contributed by atoms with Crippen molar-refractivity contribution in [1.29, 1.82) is 0 Å². The molecular weight excluding hydrogens is 454 g/mol. The van der Waals surface area contributed by atoms with Crippen LogP contribution in [0.4, 0.5) is 11.6 Å². The maximum Gasteiger partial charge on any atom is 0.232 e. The lowest BCUT2D eigenvalue weighted by Crippen LogP contribution is -2.16. The van der Waals surface area contributed by atoms with Gasteiger partial charge in [-0.05, 0) is 18.6 Å². The fraction of sp³-hybridized carbons (Fsp3) is 0.381. The molecule has 7 nitrogen and oxygen atoms in total. The van der Waals surface area contributed by atoms with Crippen LogP contribution in [0.3, 0.4) is 0 Å². The molecule has 1 aromatic carbocycles. The molecule has 0 radical (unpaired) electrons. The molecule has 10 heteroatoms. The molecule has 0 aliphatic carbocycles. The van der Waals surface area contributed by atoms with Gasteiger partial charge in [-0.15, -0.1) is 11.3 Å². The molecule has 0 aliphatic rings. The lowest BCUT2D eigenvalue weighted by molar-refractivity contribution is 0.586. The number of hydrogen-bond donors (Lipinski definition) is 2. The minimum Gasteiger partial charge on any atom is -0.357 e. The van der Waals surface area contributed by atoms with Gasteiger partial charge in [-0.3, -0.25) is 4.72 Å². The zero-order valence-electron chi connectivity index (χ0n) is 18.2. The summed E-state index contributed by atoms with van der Waals surface area (Å²) < 4.78 is 27.2. The van der Waals surface area contributed by atoms with Crippen molar-refractivity contribution in [1.82, 2.24) is 15.0 Å². The summed E-state index contributed by atoms with van der Waals surface area (Å²) >= 11 is 8.23. The van der Waals surface area contributed by atoms with E-state index in [9.17, 15) is 8.42 Å². The number of nitrogens with one attached hydrogen (secondary N) is 2. The molecule has 2 N–H and O–H groups in total. The largest absolute Gasteiger partial charge is 0.357 e. The van der Waals surface area contributed by atoms with E-state index < -0.39 is 10.0 Å². The van der Waals surface area contributed by atoms with E-state index in [0.29, 0.717) is 34.3 Å². The molecular formula is C21H26ClN5O2S2. The van der Waals surface area contributed by atoms with Gasteiger partial charge in [0.2, 0.25) is 16.0 Å². The third-order valence-electron chi connectivity index (χ3n) is 4.37. The van der Waals surface area contributed by atoms with Gasteiger partial charge in [-0.2, -0.15) is 0 Å². The topological polar surface area (TPSA) is 96.9 Å². The highest BCUT2D eigenvalue weighted by atomic mass is 35.5. The van der Waals surface area contributed by atoms with E-state index in [0.717, 1.165) is 15.6 Å². The SMILES string of the molecule is CCCS(=O)(=O)Nc1cccc(-c2nc(C(C)(C)C)sc2-c2ccnc(NC)n2)c1Cl. The molecule has 0 saturated carbocycles. The van der Waals surface area contributed by atoms with Gasteiger partial charge in [0.05, 0.1) is 37.7 Å². The maximum absolute atomic E-state index is 12.3. The first-order chi connectivity index (χ1) is 14.6. The monoisotopic (exact) mass is 479 g/mol. The average molecular weight is 480 g/mol. The Balaban J connectivity index is 2.18. The molecule has 166 valence electrons. The highest BCUT2D eigenvalue weighted by Gasteiger charge is 2.26. The quantitative estimate of drug-likeness (QED) is 0.470. The predicted octanol–water partition coefficient (Wildman–Crippen LogP) is 5.41. The Labute approximate surface area is 192 Å². The van der Waals surface area contributed by atoms with Crippen LogP contribution in [0.2, 0.25) is 5.02 Å². The summed E-state index contributed by atoms with van der Waals surface area (Å²) in [6, 6.07) is 7.08. The second-order valence-corrected chi connectivity index (χ2v) is 11.3. The van der Waals surface area contributed by atoms with Crippen LogP contribution >= 0.6 is 22.9 Å². The Hall–Kier alpha value is -2.23. The van der Waals surface area contributed by atoms with Gasteiger partial charge in [-0.1, -0.05) is 51.4 Å². The van der Waals surface area contributed by atoms with Gasteiger partial charge < -0.3 is 5.32 Å². The molecule has 2 heterocycles. The normalized spacial score (nSPS) is 12.1. The van der Waals surface area contributed by atoms with Crippen molar-refractivity contribution in [3.8, 4) is 21.8 Å². The number of nitrogens with zero attached hydrogens (tertiary/aromatic N) is 3. The van der Waals surface area contributed by atoms with E-state index >= 15 is 0 Å². The summed E-state index contributed by atoms with van der Waals surface area (Å²) in [6.07, 6.45) is 2.20. The van der Waals surface area contributed by atoms with Gasteiger partial charge in [0.25, 0.3) is 0 Å². The number of thiazole rings is 1. The van der Waals surface area contributed by atoms with Crippen molar-refractivity contribution in [2.45, 2.75) is 39.5 Å². The first-order valence-electron chi connectivity index (χ1n) is 9.87. The number of anilines is 2. The summed E-state index contributed by atoms with van der Waals surface area (Å²) in [5.74, 6) is 0.526. The lowest BCUT2D eigenvalue weighted by atomic mass is 9.98. The van der Waals surface area contributed by atoms with Gasteiger partial charge in [0.1, 0.15) is 0 Å². The Morgan fingerprint density at radius 2 is 1.90 bits per heavy atom. The Kier molecular flexibility index (Phi) is 6.88. The number of rotatable bonds is 7. The summed E-state index contributed by atoms with van der Waals surface area (Å²) in [4.78, 5) is 14.5. The molecule has 0 amide bonds. The zero-order chi connectivity index (χ0) is 22.8. The average Bonchev–Trinajstić information content (AvgIpc) is 3.15. The standard InChI is InChI=1S/C21H26ClN5O2S2/c1-6-12-31(28,29)27-14-9-7-8-13(16(14)22)17-18(30-19(26-17)21(2,3)4)15-10-11-24-20(23-5)25-15/h7-11,27H,6,12H2,1-5H3,(H,23,24,25). The second-order valence-electron chi connectivity index (χ2n) is 8.05. The van der Waals surface area contributed by atoms with Crippen molar-refractivity contribution in [2.75, 3.05) is 22.8 Å². The van der Waals surface area contributed by atoms with Crippen LogP contribution in [0.15, 0.2) is 30.5 Å². The highest BCUT2D eigenvalue weighted by Crippen LogP contribution is 2.43. The summed E-state index contributed by atoms with van der Waals surface area (Å²) in [5, 5.41) is 4.18. The first kappa shape index (κ1) is 23.4. The molecule has 0 bridgehead atoms. The summed E-state index contributed by atoms with van der Waals surface area (Å²) in [5.41, 5.74) is 2.18. The fourth-order valence-corrected chi connectivity index (χ4v) is 5.45. The molecule has 0 aliphatic heterocycles. The number of hydrogen-bond acceptors (Lipinski definition) is 7. The zero-order valence-corrected chi connectivity index (χ0v) is 20.5. The van der Waals surface area contributed by atoms with E-state index in [1.165, 1.54) is 0 Å². The first-order valence-corrected chi connectivity index (χ1v) is 12.7. The third kappa shape index (κ3) is 5.34.